The summed E-state index contributed by atoms with van der Waals surface area (Å²) in [6.07, 6.45) is 3.52. The molecule has 0 unspecified atom stereocenters. The van der Waals surface area contributed by atoms with Gasteiger partial charge in [-0.15, -0.1) is 0 Å². The minimum absolute atomic E-state index is 0.300. The predicted molar refractivity (Wildman–Crippen MR) is 181 cm³/mol. The molecule has 298 valence electrons. The first-order valence-electron chi connectivity index (χ1n) is 17.7. The summed E-state index contributed by atoms with van der Waals surface area (Å²) < 4.78 is 70.0. The van der Waals surface area contributed by atoms with Gasteiger partial charge in [0.2, 0.25) is 5.91 Å². The van der Waals surface area contributed by atoms with Gasteiger partial charge in [0.15, 0.2) is 0 Å². The van der Waals surface area contributed by atoms with Crippen molar-refractivity contribution < 1.29 is 76.3 Å². The fraction of sp³-hybridized carbons (Fsp3) is 0.939. The molecule has 2 N–H and O–H groups in total. The number of carboxylic acids is 1. The second kappa shape index (κ2) is 43.6. The summed E-state index contributed by atoms with van der Waals surface area (Å²) in [5, 5.41) is 11.0. The lowest BCUT2D eigenvalue weighted by molar-refractivity contribution is -0.143. The number of aliphatic carboxylic acids is 1. The fourth-order valence-corrected chi connectivity index (χ4v) is 3.52. The minimum atomic E-state index is -1.12. The van der Waals surface area contributed by atoms with E-state index >= 15 is 0 Å². The van der Waals surface area contributed by atoms with Crippen molar-refractivity contribution in [2.75, 3.05) is 178 Å². The number of carbonyl (C=O) groups is 2. The van der Waals surface area contributed by atoms with Gasteiger partial charge in [-0.25, -0.2) is 4.79 Å². The Labute approximate surface area is 298 Å². The van der Waals surface area contributed by atoms with E-state index in [9.17, 15) is 9.59 Å². The molecule has 0 aliphatic carbocycles. The van der Waals surface area contributed by atoms with Gasteiger partial charge in [-0.05, 0) is 6.42 Å². The molecule has 0 aliphatic rings. The monoisotopic (exact) mass is 731 g/mol. The van der Waals surface area contributed by atoms with Crippen molar-refractivity contribution in [2.24, 2.45) is 0 Å². The first-order valence-corrected chi connectivity index (χ1v) is 17.7. The highest BCUT2D eigenvalue weighted by atomic mass is 16.6. The van der Waals surface area contributed by atoms with E-state index in [1.165, 1.54) is 12.8 Å². The van der Waals surface area contributed by atoms with Crippen LogP contribution in [0.5, 0.6) is 0 Å². The molecule has 0 rings (SSSR count). The van der Waals surface area contributed by atoms with Crippen molar-refractivity contribution in [3.05, 3.63) is 0 Å². The van der Waals surface area contributed by atoms with E-state index in [1.54, 1.807) is 0 Å². The second-order valence-corrected chi connectivity index (χ2v) is 10.3. The summed E-state index contributed by atoms with van der Waals surface area (Å²) >= 11 is 0. The average molecular weight is 732 g/mol. The molecule has 0 radical (unpaired) electrons. The number of nitrogens with one attached hydrogen (secondary N) is 1. The number of rotatable bonds is 44. The molecule has 1 amide bonds. The third-order valence-corrected chi connectivity index (χ3v) is 6.01. The van der Waals surface area contributed by atoms with Gasteiger partial charge >= 0.3 is 5.97 Å². The Kier molecular flexibility index (Phi) is 42.2. The fourth-order valence-electron chi connectivity index (χ4n) is 3.52. The Morgan fingerprint density at radius 3 is 0.940 bits per heavy atom. The number of unbranched alkanes of at least 4 members (excludes halogenated alkanes) is 2. The maximum absolute atomic E-state index is 11.4. The third kappa shape index (κ3) is 44.4. The van der Waals surface area contributed by atoms with Crippen LogP contribution >= 0.6 is 0 Å². The summed E-state index contributed by atoms with van der Waals surface area (Å²) in [7, 11) is 0. The number of hydrogen-bond donors (Lipinski definition) is 2. The highest BCUT2D eigenvalue weighted by Gasteiger charge is 2.03. The first-order chi connectivity index (χ1) is 24.7. The molecule has 0 saturated carbocycles. The lowest BCUT2D eigenvalue weighted by atomic mass is 10.3. The molecule has 0 fully saturated rings. The minimum Gasteiger partial charge on any atom is -0.480 e. The van der Waals surface area contributed by atoms with E-state index in [1.807, 2.05) is 0 Å². The van der Waals surface area contributed by atoms with Crippen molar-refractivity contribution in [1.29, 1.82) is 0 Å². The highest BCUT2D eigenvalue weighted by Crippen LogP contribution is 1.94. The topological polar surface area (TPSA) is 186 Å². The Bertz CT molecular complexity index is 694. The van der Waals surface area contributed by atoms with Crippen LogP contribution in [0.2, 0.25) is 0 Å². The molecule has 50 heavy (non-hydrogen) atoms. The normalized spacial score (nSPS) is 11.4. The van der Waals surface area contributed by atoms with Crippen LogP contribution in [-0.2, 0) is 71.2 Å². The standard InChI is InChI=1S/C33H65NO16/c1-2-3-4-6-38-8-10-40-12-14-42-16-18-44-20-22-46-24-26-48-28-29-49-27-25-47-23-21-45-19-17-43-15-13-41-11-9-39-7-5-34-32(35)30-50-31-33(36)37/h2-31H2,1H3,(H,34,35)(H,36,37). The van der Waals surface area contributed by atoms with Gasteiger partial charge in [0.1, 0.15) is 13.2 Å². The summed E-state index contributed by atoms with van der Waals surface area (Å²) in [5.74, 6) is -1.52. The van der Waals surface area contributed by atoms with Crippen LogP contribution in [0, 0.1) is 0 Å². The second-order valence-electron chi connectivity index (χ2n) is 10.3. The lowest BCUT2D eigenvalue weighted by Crippen LogP contribution is -2.31. The van der Waals surface area contributed by atoms with Gasteiger partial charge < -0.3 is 72.0 Å². The summed E-state index contributed by atoms with van der Waals surface area (Å²) in [6.45, 7) is 13.7. The molecule has 0 aromatic rings. The molecule has 0 saturated heterocycles. The zero-order valence-corrected chi connectivity index (χ0v) is 30.3. The van der Waals surface area contributed by atoms with Gasteiger partial charge in [-0.3, -0.25) is 4.79 Å². The van der Waals surface area contributed by atoms with E-state index in [-0.39, 0.29) is 6.61 Å². The van der Waals surface area contributed by atoms with Gasteiger partial charge in [-0.1, -0.05) is 19.8 Å². The quantitative estimate of drug-likeness (QED) is 0.0829. The van der Waals surface area contributed by atoms with E-state index in [2.05, 4.69) is 17.0 Å². The van der Waals surface area contributed by atoms with Crippen LogP contribution < -0.4 is 5.32 Å². The molecule has 0 heterocycles. The molecule has 17 heteroatoms. The lowest BCUT2D eigenvalue weighted by Gasteiger charge is -2.09. The zero-order chi connectivity index (χ0) is 36.3. The van der Waals surface area contributed by atoms with Gasteiger partial charge in [0, 0.05) is 13.2 Å². The van der Waals surface area contributed by atoms with Crippen LogP contribution in [0.25, 0.3) is 0 Å². The predicted octanol–water partition coefficient (Wildman–Crippen LogP) is 0.593. The Morgan fingerprint density at radius 1 is 0.380 bits per heavy atom. The van der Waals surface area contributed by atoms with Crippen LogP contribution in [0.3, 0.4) is 0 Å². The van der Waals surface area contributed by atoms with E-state index in [0.717, 1.165) is 13.0 Å². The van der Waals surface area contributed by atoms with Gasteiger partial charge in [0.05, 0.1) is 152 Å². The van der Waals surface area contributed by atoms with Crippen LogP contribution in [0.4, 0.5) is 0 Å². The van der Waals surface area contributed by atoms with Crippen LogP contribution in [0.1, 0.15) is 26.2 Å². The van der Waals surface area contributed by atoms with E-state index < -0.39 is 18.5 Å². The third-order valence-electron chi connectivity index (χ3n) is 6.01. The van der Waals surface area contributed by atoms with Gasteiger partial charge in [-0.2, -0.15) is 0 Å². The molecule has 0 aromatic carbocycles. The van der Waals surface area contributed by atoms with Gasteiger partial charge in [0.25, 0.3) is 0 Å². The molecular formula is C33H65NO16. The Hall–Kier alpha value is -1.58. The smallest absolute Gasteiger partial charge is 0.329 e. The molecular weight excluding hydrogens is 666 g/mol. The van der Waals surface area contributed by atoms with Crippen molar-refractivity contribution in [1.82, 2.24) is 5.32 Å². The van der Waals surface area contributed by atoms with Crippen LogP contribution in [0.15, 0.2) is 0 Å². The average Bonchev–Trinajstić information content (AvgIpc) is 3.10. The Morgan fingerprint density at radius 2 is 0.660 bits per heavy atom. The first kappa shape index (κ1) is 48.4. The number of amides is 1. The van der Waals surface area contributed by atoms with Crippen molar-refractivity contribution >= 4 is 11.9 Å². The number of ether oxygens (including phenoxy) is 13. The molecule has 0 atom stereocenters. The molecule has 0 spiro atoms. The van der Waals surface area contributed by atoms with Crippen molar-refractivity contribution in [2.45, 2.75) is 26.2 Å². The maximum Gasteiger partial charge on any atom is 0.329 e. The summed E-state index contributed by atoms with van der Waals surface area (Å²) in [5.41, 5.74) is 0. The zero-order valence-electron chi connectivity index (χ0n) is 30.3. The largest absolute Gasteiger partial charge is 0.480 e. The number of carbonyl (C=O) groups excluding carboxylic acids is 1. The molecule has 0 aromatic heterocycles. The maximum atomic E-state index is 11.4. The summed E-state index contributed by atoms with van der Waals surface area (Å²) in [6, 6.07) is 0. The van der Waals surface area contributed by atoms with E-state index in [4.69, 9.17) is 61.9 Å². The molecule has 0 aliphatic heterocycles. The van der Waals surface area contributed by atoms with Crippen molar-refractivity contribution in [3.63, 3.8) is 0 Å². The highest BCUT2D eigenvalue weighted by molar-refractivity contribution is 5.77. The van der Waals surface area contributed by atoms with E-state index in [0.29, 0.717) is 159 Å². The number of carboxylic acid groups (broad SMARTS) is 1. The number of hydrogen-bond acceptors (Lipinski definition) is 15. The molecule has 17 nitrogen and oxygen atoms in total. The Balaban J connectivity index is 3.08. The SMILES string of the molecule is CCCCCOCCOCCOCCOCCOCCOCCOCCOCCOCCOCCOCCOCCNC(=O)COCC(=O)O. The van der Waals surface area contributed by atoms with Crippen LogP contribution in [-0.4, -0.2) is 195 Å². The molecule has 0 bridgehead atoms. The van der Waals surface area contributed by atoms with Crippen molar-refractivity contribution in [3.8, 4) is 0 Å². The summed E-state index contributed by atoms with van der Waals surface area (Å²) in [4.78, 5) is 21.7.